The largest absolute Gasteiger partial charge is 0.477 e. The van der Waals surface area contributed by atoms with Crippen LogP contribution in [0, 0.1) is 0 Å². The summed E-state index contributed by atoms with van der Waals surface area (Å²) in [6.45, 7) is 0.959. The molecule has 1 N–H and O–H groups in total. The van der Waals surface area contributed by atoms with Gasteiger partial charge in [0.2, 0.25) is 5.91 Å². The molecule has 23 heavy (non-hydrogen) atoms. The highest BCUT2D eigenvalue weighted by Crippen LogP contribution is 2.49. The van der Waals surface area contributed by atoms with Gasteiger partial charge in [-0.3, -0.25) is 14.5 Å². The van der Waals surface area contributed by atoms with Crippen molar-refractivity contribution < 1.29 is 24.2 Å². The Hall–Kier alpha value is -1.75. The average molecular weight is 374 g/mol. The third-order valence-electron chi connectivity index (χ3n) is 3.31. The molecule has 0 bridgehead atoms. The van der Waals surface area contributed by atoms with Gasteiger partial charge < -0.3 is 9.84 Å². The lowest BCUT2D eigenvalue weighted by atomic mass is 9.89. The zero-order valence-corrected chi connectivity index (χ0v) is 14.2. The summed E-state index contributed by atoms with van der Waals surface area (Å²) in [6.07, 6.45) is 0. The molecule has 1 amide bonds. The van der Waals surface area contributed by atoms with Gasteiger partial charge in [0, 0.05) is 23.2 Å². The Morgan fingerprint density at radius 3 is 2.83 bits per heavy atom. The number of hydrogen-bond donors (Lipinski definition) is 2. The number of thiol groups is 1. The number of azide groups is 1. The topological polar surface area (TPSA) is 133 Å². The minimum absolute atomic E-state index is 0.123. The normalized spacial score (nSPS) is 25.9. The number of ether oxygens (including phenoxy) is 1. The molecule has 2 rings (SSSR count). The molecule has 0 aromatic carbocycles. The minimum Gasteiger partial charge on any atom is -0.477 e. The first-order chi connectivity index (χ1) is 10.8. The maximum Gasteiger partial charge on any atom is 0.352 e. The molecule has 0 radical (unpaired) electrons. The standard InChI is InChI=1S/C11H10N4O5S3/c1-4(16)20-2-5-3-23-9-11(10(21)22,13-14-12)8(19)15(9)6(5)7(17)18/h9H,2-3H2,1H3,(H,17,18)(H,21,22)/t9-,11?/m1/s1. The Morgan fingerprint density at radius 1 is 1.70 bits per heavy atom. The van der Waals surface area contributed by atoms with Crippen molar-refractivity contribution in [3.8, 4) is 0 Å². The van der Waals surface area contributed by atoms with E-state index in [9.17, 15) is 19.5 Å². The van der Waals surface area contributed by atoms with E-state index in [1.807, 2.05) is 0 Å². The quantitative estimate of drug-likeness (QED) is 0.140. The number of carboxylic acid groups (broad SMARTS) is 1. The van der Waals surface area contributed by atoms with E-state index in [2.05, 4.69) is 22.7 Å². The van der Waals surface area contributed by atoms with Crippen molar-refractivity contribution in [2.24, 2.45) is 5.11 Å². The van der Waals surface area contributed by atoms with Crippen LogP contribution in [0.2, 0.25) is 0 Å². The first kappa shape index (κ1) is 17.6. The molecule has 9 nitrogen and oxygen atoms in total. The first-order valence-corrected chi connectivity index (χ1v) is 8.01. The second-order valence-electron chi connectivity index (χ2n) is 4.64. The fourth-order valence-electron chi connectivity index (χ4n) is 2.30. The van der Waals surface area contributed by atoms with Gasteiger partial charge >= 0.3 is 11.9 Å². The Bertz CT molecular complexity index is 698. The van der Waals surface area contributed by atoms with Crippen molar-refractivity contribution in [3.63, 3.8) is 0 Å². The lowest BCUT2D eigenvalue weighted by Gasteiger charge is -2.54. The molecular formula is C11H10N4O5S3. The Balaban J connectivity index is 2.44. The van der Waals surface area contributed by atoms with Crippen molar-refractivity contribution in [1.82, 2.24) is 4.90 Å². The van der Waals surface area contributed by atoms with Gasteiger partial charge in [0.05, 0.1) is 4.20 Å². The molecule has 12 heteroatoms. The Kier molecular flexibility index (Phi) is 4.90. The van der Waals surface area contributed by atoms with Gasteiger partial charge in [0.15, 0.2) is 5.54 Å². The third-order valence-corrected chi connectivity index (χ3v) is 5.34. The number of fused-ring (bicyclic) bond motifs is 1. The summed E-state index contributed by atoms with van der Waals surface area (Å²) >= 11 is 10.0. The molecule has 0 saturated carbocycles. The summed E-state index contributed by atoms with van der Waals surface area (Å²) < 4.78 is 4.69. The van der Waals surface area contributed by atoms with Crippen LogP contribution < -0.4 is 0 Å². The van der Waals surface area contributed by atoms with E-state index in [4.69, 9.17) is 22.5 Å². The lowest BCUT2D eigenvalue weighted by Crippen LogP contribution is -2.74. The number of thioether (sulfide) groups is 1. The highest BCUT2D eigenvalue weighted by Gasteiger charge is 2.66. The molecule has 2 aliphatic rings. The molecule has 2 aliphatic heterocycles. The van der Waals surface area contributed by atoms with E-state index < -0.39 is 28.8 Å². The van der Waals surface area contributed by atoms with Crippen LogP contribution in [-0.4, -0.2) is 55.3 Å². The van der Waals surface area contributed by atoms with Gasteiger partial charge in [-0.15, -0.1) is 24.4 Å². The Labute approximate surface area is 145 Å². The Morgan fingerprint density at radius 2 is 2.35 bits per heavy atom. The summed E-state index contributed by atoms with van der Waals surface area (Å²) in [5.41, 5.74) is 7.00. The number of esters is 1. The highest BCUT2D eigenvalue weighted by molar-refractivity contribution is 8.11. The van der Waals surface area contributed by atoms with E-state index in [0.29, 0.717) is 0 Å². The average Bonchev–Trinajstić information content (AvgIpc) is 2.48. The molecule has 1 unspecified atom stereocenters. The zero-order valence-electron chi connectivity index (χ0n) is 11.6. The van der Waals surface area contributed by atoms with Crippen LogP contribution >= 0.6 is 36.6 Å². The van der Waals surface area contributed by atoms with Crippen molar-refractivity contribution in [2.75, 3.05) is 12.4 Å². The number of carboxylic acids is 1. The number of hydrogen-bond acceptors (Lipinski definition) is 7. The number of carbonyl (C=O) groups excluding carboxylic acids is 2. The van der Waals surface area contributed by atoms with Gasteiger partial charge in [-0.2, -0.15) is 0 Å². The molecule has 1 fully saturated rings. The smallest absolute Gasteiger partial charge is 0.352 e. The molecule has 122 valence electrons. The van der Waals surface area contributed by atoms with Crippen molar-refractivity contribution in [1.29, 1.82) is 0 Å². The van der Waals surface area contributed by atoms with Crippen molar-refractivity contribution in [2.45, 2.75) is 17.8 Å². The SMILES string of the molecule is CC(=O)OCC1=C(C(=O)O)N2C(=O)C(N=[N+]=[N-])(C(=S)S)[C@H]2SC1. The van der Waals surface area contributed by atoms with Crippen LogP contribution in [0.25, 0.3) is 10.4 Å². The van der Waals surface area contributed by atoms with Crippen LogP contribution in [0.4, 0.5) is 0 Å². The molecule has 1 saturated heterocycles. The molecule has 2 atom stereocenters. The second kappa shape index (κ2) is 6.40. The predicted octanol–water partition coefficient (Wildman–Crippen LogP) is 1.11. The fraction of sp³-hybridized carbons (Fsp3) is 0.455. The first-order valence-electron chi connectivity index (χ1n) is 6.11. The van der Waals surface area contributed by atoms with Gasteiger partial charge in [-0.1, -0.05) is 17.3 Å². The van der Waals surface area contributed by atoms with Gasteiger partial charge in [0.1, 0.15) is 17.7 Å². The van der Waals surface area contributed by atoms with E-state index >= 15 is 0 Å². The predicted molar refractivity (Wildman–Crippen MR) is 87.8 cm³/mol. The summed E-state index contributed by atoms with van der Waals surface area (Å²) in [6, 6.07) is 0. The van der Waals surface area contributed by atoms with E-state index in [1.165, 1.54) is 6.92 Å². The van der Waals surface area contributed by atoms with Crippen LogP contribution in [0.1, 0.15) is 6.92 Å². The number of amides is 1. The fourth-order valence-corrected chi connectivity index (χ4v) is 4.40. The van der Waals surface area contributed by atoms with E-state index in [0.717, 1.165) is 16.7 Å². The van der Waals surface area contributed by atoms with Crippen LogP contribution in [0.5, 0.6) is 0 Å². The zero-order chi connectivity index (χ0) is 17.4. The van der Waals surface area contributed by atoms with Gasteiger partial charge in [0.25, 0.3) is 0 Å². The van der Waals surface area contributed by atoms with Crippen LogP contribution in [-0.2, 0) is 19.1 Å². The lowest BCUT2D eigenvalue weighted by molar-refractivity contribution is -0.150. The molecular weight excluding hydrogens is 364 g/mol. The van der Waals surface area contributed by atoms with E-state index in [-0.39, 0.29) is 27.8 Å². The van der Waals surface area contributed by atoms with E-state index in [1.54, 1.807) is 0 Å². The number of aliphatic carboxylic acids is 1. The third kappa shape index (κ3) is 2.67. The maximum atomic E-state index is 12.5. The molecule has 0 spiro atoms. The van der Waals surface area contributed by atoms with Gasteiger partial charge in [-0.05, 0) is 5.53 Å². The molecule has 0 aliphatic carbocycles. The molecule has 2 heterocycles. The number of thiocarbonyl (C=S) groups is 1. The minimum atomic E-state index is -1.69. The number of nitrogens with zero attached hydrogens (tertiary/aromatic N) is 4. The summed E-state index contributed by atoms with van der Waals surface area (Å²) in [5, 5.41) is 12.1. The number of β-lactam (4-membered cyclic amide) rings is 1. The van der Waals surface area contributed by atoms with Crippen LogP contribution in [0.3, 0.4) is 0 Å². The second-order valence-corrected chi connectivity index (χ2v) is 6.86. The summed E-state index contributed by atoms with van der Waals surface area (Å²) in [5.74, 6) is -2.48. The summed E-state index contributed by atoms with van der Waals surface area (Å²) in [7, 11) is 0. The highest BCUT2D eigenvalue weighted by atomic mass is 32.2. The van der Waals surface area contributed by atoms with Crippen molar-refractivity contribution in [3.05, 3.63) is 21.7 Å². The molecule has 0 aromatic rings. The monoisotopic (exact) mass is 374 g/mol. The summed E-state index contributed by atoms with van der Waals surface area (Å²) in [4.78, 5) is 38.5. The van der Waals surface area contributed by atoms with Crippen LogP contribution in [0.15, 0.2) is 16.4 Å². The maximum absolute atomic E-state index is 12.5. The number of carbonyl (C=O) groups is 3. The van der Waals surface area contributed by atoms with Gasteiger partial charge in [-0.25, -0.2) is 4.79 Å². The molecule has 0 aromatic heterocycles. The number of rotatable bonds is 5. The van der Waals surface area contributed by atoms with Crippen molar-refractivity contribution >= 4 is 58.7 Å².